The average molecular weight is 312 g/mol. The topological polar surface area (TPSA) is 50.8 Å². The summed E-state index contributed by atoms with van der Waals surface area (Å²) in [7, 11) is 4.93. The number of hydrogen-bond donors (Lipinski definition) is 1. The second kappa shape index (κ2) is 7.89. The predicted octanol–water partition coefficient (Wildman–Crippen LogP) is 2.88. The first-order valence-corrected chi connectivity index (χ1v) is 7.14. The maximum absolute atomic E-state index is 12.0. The number of hydrazine groups is 1. The van der Waals surface area contributed by atoms with Crippen molar-refractivity contribution in [3.63, 3.8) is 0 Å². The highest BCUT2D eigenvalue weighted by atomic mass is 16.5. The molecule has 0 aliphatic carbocycles. The van der Waals surface area contributed by atoms with Crippen molar-refractivity contribution in [3.05, 3.63) is 60.2 Å². The van der Waals surface area contributed by atoms with Gasteiger partial charge in [0.15, 0.2) is 11.5 Å². The molecule has 0 aromatic heterocycles. The zero-order chi connectivity index (χ0) is 16.7. The van der Waals surface area contributed by atoms with E-state index in [0.717, 1.165) is 11.3 Å². The molecule has 0 radical (unpaired) electrons. The molecule has 0 heterocycles. The van der Waals surface area contributed by atoms with Crippen LogP contribution in [0.3, 0.4) is 0 Å². The average Bonchev–Trinajstić information content (AvgIpc) is 2.60. The van der Waals surface area contributed by atoms with E-state index in [1.54, 1.807) is 38.4 Å². The molecule has 5 heteroatoms. The summed E-state index contributed by atoms with van der Waals surface area (Å²) in [5.74, 6) is 0.980. The molecule has 0 aliphatic rings. The third-order valence-electron chi connectivity index (χ3n) is 3.27. The number of methoxy groups -OCH3 is 2. The summed E-state index contributed by atoms with van der Waals surface area (Å²) in [5, 5.41) is 1.66. The fraction of sp³-hybridized carbons (Fsp3) is 0.167. The van der Waals surface area contributed by atoms with E-state index in [1.165, 1.54) is 6.08 Å². The number of rotatable bonds is 6. The predicted molar refractivity (Wildman–Crippen MR) is 91.6 cm³/mol. The number of hydrogen-bond acceptors (Lipinski definition) is 4. The molecule has 2 aromatic carbocycles. The van der Waals surface area contributed by atoms with Crippen molar-refractivity contribution in [1.29, 1.82) is 0 Å². The van der Waals surface area contributed by atoms with Crippen LogP contribution in [0.1, 0.15) is 5.56 Å². The maximum Gasteiger partial charge on any atom is 0.262 e. The largest absolute Gasteiger partial charge is 0.493 e. The van der Waals surface area contributed by atoms with E-state index in [9.17, 15) is 4.79 Å². The van der Waals surface area contributed by atoms with Crippen molar-refractivity contribution in [2.24, 2.45) is 0 Å². The molecule has 5 nitrogen and oxygen atoms in total. The molecule has 0 atom stereocenters. The molecule has 0 unspecified atom stereocenters. The number of para-hydroxylation sites is 2. The summed E-state index contributed by atoms with van der Waals surface area (Å²) in [6.45, 7) is 0. The number of anilines is 1. The van der Waals surface area contributed by atoms with E-state index in [2.05, 4.69) is 5.43 Å². The van der Waals surface area contributed by atoms with Crippen LogP contribution in [0, 0.1) is 0 Å². The van der Waals surface area contributed by atoms with Crippen LogP contribution < -0.4 is 19.9 Å². The van der Waals surface area contributed by atoms with Gasteiger partial charge in [0.2, 0.25) is 0 Å². The third-order valence-corrected chi connectivity index (χ3v) is 3.27. The zero-order valence-corrected chi connectivity index (χ0v) is 13.4. The molecule has 2 aromatic rings. The van der Waals surface area contributed by atoms with Gasteiger partial charge in [0.05, 0.1) is 19.9 Å². The fourth-order valence-corrected chi connectivity index (χ4v) is 2.13. The number of nitrogens with zero attached hydrogens (tertiary/aromatic N) is 1. The van der Waals surface area contributed by atoms with Crippen molar-refractivity contribution in [2.75, 3.05) is 26.3 Å². The van der Waals surface area contributed by atoms with Crippen LogP contribution >= 0.6 is 0 Å². The number of carbonyl (C=O) groups excluding carboxylic acids is 1. The van der Waals surface area contributed by atoms with E-state index in [-0.39, 0.29) is 5.91 Å². The fourth-order valence-electron chi connectivity index (χ4n) is 2.13. The van der Waals surface area contributed by atoms with Crippen LogP contribution in [0.5, 0.6) is 11.5 Å². The van der Waals surface area contributed by atoms with Gasteiger partial charge in [-0.1, -0.05) is 30.3 Å². The monoisotopic (exact) mass is 312 g/mol. The van der Waals surface area contributed by atoms with E-state index in [1.807, 2.05) is 42.5 Å². The summed E-state index contributed by atoms with van der Waals surface area (Å²) in [6.07, 6.45) is 3.15. The first kappa shape index (κ1) is 16.4. The first-order chi connectivity index (χ1) is 11.2. The van der Waals surface area contributed by atoms with Crippen LogP contribution in [-0.4, -0.2) is 27.2 Å². The standard InChI is InChI=1S/C18H20N2O3/c1-20(15-9-5-4-6-10-15)19-17(21)13-12-14-8-7-11-16(22-2)18(14)23-3/h4-13H,1-3H3,(H,19,21)/b13-12+. The second-order valence-electron chi connectivity index (χ2n) is 4.79. The Morgan fingerprint density at radius 1 is 1.04 bits per heavy atom. The van der Waals surface area contributed by atoms with Crippen LogP contribution in [0.15, 0.2) is 54.6 Å². The lowest BCUT2D eigenvalue weighted by Gasteiger charge is -2.19. The number of benzene rings is 2. The number of carbonyl (C=O) groups is 1. The van der Waals surface area contributed by atoms with Crippen molar-refractivity contribution in [2.45, 2.75) is 0 Å². The molecule has 0 spiro atoms. The molecule has 1 amide bonds. The van der Waals surface area contributed by atoms with Gasteiger partial charge in [-0.15, -0.1) is 0 Å². The van der Waals surface area contributed by atoms with Gasteiger partial charge in [-0.25, -0.2) is 0 Å². The Morgan fingerprint density at radius 2 is 1.78 bits per heavy atom. The molecule has 0 bridgehead atoms. The molecule has 0 fully saturated rings. The minimum atomic E-state index is -0.235. The zero-order valence-electron chi connectivity index (χ0n) is 13.4. The van der Waals surface area contributed by atoms with Crippen LogP contribution in [0.2, 0.25) is 0 Å². The first-order valence-electron chi connectivity index (χ1n) is 7.14. The second-order valence-corrected chi connectivity index (χ2v) is 4.79. The summed E-state index contributed by atoms with van der Waals surface area (Å²) in [6, 6.07) is 15.1. The van der Waals surface area contributed by atoms with Crippen LogP contribution in [0.25, 0.3) is 6.08 Å². The van der Waals surface area contributed by atoms with Crippen molar-refractivity contribution >= 4 is 17.7 Å². The van der Waals surface area contributed by atoms with E-state index in [4.69, 9.17) is 9.47 Å². The Hall–Kier alpha value is -2.95. The number of nitrogens with one attached hydrogen (secondary N) is 1. The normalized spacial score (nSPS) is 10.4. The van der Waals surface area contributed by atoms with Gasteiger partial charge in [-0.05, 0) is 24.3 Å². The van der Waals surface area contributed by atoms with E-state index >= 15 is 0 Å². The molecular weight excluding hydrogens is 292 g/mol. The summed E-state index contributed by atoms with van der Waals surface area (Å²) >= 11 is 0. The number of ether oxygens (including phenoxy) is 2. The molecule has 0 aliphatic heterocycles. The minimum Gasteiger partial charge on any atom is -0.493 e. The maximum atomic E-state index is 12.0. The van der Waals surface area contributed by atoms with Crippen molar-refractivity contribution in [1.82, 2.24) is 5.43 Å². The lowest BCUT2D eigenvalue weighted by molar-refractivity contribution is -0.116. The molecular formula is C18H20N2O3. The van der Waals surface area contributed by atoms with Crippen molar-refractivity contribution in [3.8, 4) is 11.5 Å². The Kier molecular flexibility index (Phi) is 5.63. The third kappa shape index (κ3) is 4.26. The molecule has 2 rings (SSSR count). The van der Waals surface area contributed by atoms with Gasteiger partial charge in [0, 0.05) is 18.7 Å². The lowest BCUT2D eigenvalue weighted by Crippen LogP contribution is -2.38. The highest BCUT2D eigenvalue weighted by Gasteiger charge is 2.08. The minimum absolute atomic E-state index is 0.235. The van der Waals surface area contributed by atoms with Crippen LogP contribution in [-0.2, 0) is 4.79 Å². The summed E-state index contributed by atoms with van der Waals surface area (Å²) in [5.41, 5.74) is 4.43. The molecule has 0 saturated heterocycles. The van der Waals surface area contributed by atoms with Crippen molar-refractivity contribution < 1.29 is 14.3 Å². The van der Waals surface area contributed by atoms with Crippen LogP contribution in [0.4, 0.5) is 5.69 Å². The van der Waals surface area contributed by atoms with E-state index in [0.29, 0.717) is 11.5 Å². The highest BCUT2D eigenvalue weighted by molar-refractivity contribution is 5.93. The van der Waals surface area contributed by atoms with Gasteiger partial charge in [-0.3, -0.25) is 15.2 Å². The number of amides is 1. The van der Waals surface area contributed by atoms with Gasteiger partial charge < -0.3 is 9.47 Å². The Labute approximate surface area is 136 Å². The quantitative estimate of drug-likeness (QED) is 0.658. The van der Waals surface area contributed by atoms with Gasteiger partial charge in [0.25, 0.3) is 5.91 Å². The van der Waals surface area contributed by atoms with Gasteiger partial charge in [-0.2, -0.15) is 0 Å². The Balaban J connectivity index is 2.07. The molecule has 0 saturated carbocycles. The van der Waals surface area contributed by atoms with E-state index < -0.39 is 0 Å². The Morgan fingerprint density at radius 3 is 2.43 bits per heavy atom. The van der Waals surface area contributed by atoms with Gasteiger partial charge in [0.1, 0.15) is 0 Å². The molecule has 1 N–H and O–H groups in total. The van der Waals surface area contributed by atoms with Gasteiger partial charge >= 0.3 is 0 Å². The smallest absolute Gasteiger partial charge is 0.262 e. The molecule has 23 heavy (non-hydrogen) atoms. The SMILES string of the molecule is COc1cccc(/C=C/C(=O)NN(C)c2ccccc2)c1OC. The summed E-state index contributed by atoms with van der Waals surface area (Å²) < 4.78 is 10.6. The Bertz CT molecular complexity index is 684. The summed E-state index contributed by atoms with van der Waals surface area (Å²) in [4.78, 5) is 12.0. The molecule has 120 valence electrons. The lowest BCUT2D eigenvalue weighted by atomic mass is 10.1. The highest BCUT2D eigenvalue weighted by Crippen LogP contribution is 2.31.